The molecule has 1 heterocycles. The van der Waals surface area contributed by atoms with E-state index in [0.29, 0.717) is 10.8 Å². The highest BCUT2D eigenvalue weighted by Crippen LogP contribution is 2.23. The van der Waals surface area contributed by atoms with Crippen LogP contribution in [-0.4, -0.2) is 46.4 Å². The molecule has 0 bridgehead atoms. The van der Waals surface area contributed by atoms with Crippen molar-refractivity contribution in [2.24, 2.45) is 4.99 Å². The van der Waals surface area contributed by atoms with Crippen molar-refractivity contribution in [3.63, 3.8) is 0 Å². The van der Waals surface area contributed by atoms with E-state index in [1.54, 1.807) is 13.1 Å². The quantitative estimate of drug-likeness (QED) is 0.263. The molecule has 1 rings (SSSR count). The van der Waals surface area contributed by atoms with E-state index in [1.165, 1.54) is 42.6 Å². The molecule has 0 atom stereocenters. The first-order valence-corrected chi connectivity index (χ1v) is 9.63. The minimum atomic E-state index is -3.34. The monoisotopic (exact) mass is 474 g/mol. The molecule has 0 aliphatic rings. The summed E-state index contributed by atoms with van der Waals surface area (Å²) in [5.41, 5.74) is 0. The van der Waals surface area contributed by atoms with Gasteiger partial charge in [0.15, 0.2) is 5.96 Å². The number of hydrogen-bond donors (Lipinski definition) is 2. The zero-order valence-corrected chi connectivity index (χ0v) is 18.1. The van der Waals surface area contributed by atoms with Crippen LogP contribution in [0.15, 0.2) is 21.3 Å². The lowest BCUT2D eigenvalue weighted by Gasteiger charge is -2.11. The number of nitrogens with one attached hydrogen (secondary N) is 2. The van der Waals surface area contributed by atoms with Gasteiger partial charge >= 0.3 is 0 Å². The fourth-order valence-electron chi connectivity index (χ4n) is 1.75. The second kappa shape index (κ2) is 11.2. The number of rotatable bonds is 8. The summed E-state index contributed by atoms with van der Waals surface area (Å²) in [4.78, 5) is 5.11. The zero-order chi connectivity index (χ0) is 16.6. The van der Waals surface area contributed by atoms with Crippen molar-refractivity contribution >= 4 is 51.3 Å². The smallest absolute Gasteiger partial charge is 0.252 e. The molecule has 23 heavy (non-hydrogen) atoms. The lowest BCUT2D eigenvalue weighted by molar-refractivity contribution is 0.523. The van der Waals surface area contributed by atoms with Gasteiger partial charge in [0.2, 0.25) is 0 Å². The molecule has 0 unspecified atom stereocenters. The van der Waals surface area contributed by atoms with E-state index < -0.39 is 10.0 Å². The minimum Gasteiger partial charge on any atom is -0.356 e. The molecule has 9 heteroatoms. The third-order valence-electron chi connectivity index (χ3n) is 3.10. The van der Waals surface area contributed by atoms with Crippen LogP contribution < -0.4 is 10.6 Å². The van der Waals surface area contributed by atoms with Crippen molar-refractivity contribution < 1.29 is 8.42 Å². The fourth-order valence-corrected chi connectivity index (χ4v) is 4.21. The van der Waals surface area contributed by atoms with Crippen LogP contribution in [0.3, 0.4) is 0 Å². The van der Waals surface area contributed by atoms with Crippen molar-refractivity contribution in [2.45, 2.75) is 36.9 Å². The molecule has 0 saturated carbocycles. The van der Waals surface area contributed by atoms with Crippen molar-refractivity contribution in [3.8, 4) is 0 Å². The van der Waals surface area contributed by atoms with Crippen molar-refractivity contribution in [1.29, 1.82) is 0 Å². The van der Waals surface area contributed by atoms with E-state index in [0.717, 1.165) is 23.8 Å². The normalized spacial score (nSPS) is 12.1. The molecule has 0 saturated heterocycles. The number of guanidine groups is 1. The maximum atomic E-state index is 12.0. The number of aliphatic imine (C=N–C) groups is 1. The molecule has 0 aliphatic heterocycles. The Labute approximate surface area is 160 Å². The maximum absolute atomic E-state index is 12.0. The van der Waals surface area contributed by atoms with Gasteiger partial charge in [-0.05, 0) is 18.6 Å². The van der Waals surface area contributed by atoms with E-state index in [-0.39, 0.29) is 24.0 Å². The van der Waals surface area contributed by atoms with Crippen LogP contribution in [0.1, 0.15) is 31.1 Å². The van der Waals surface area contributed by atoms with Gasteiger partial charge in [-0.1, -0.05) is 19.8 Å². The van der Waals surface area contributed by atoms with E-state index in [2.05, 4.69) is 22.5 Å². The van der Waals surface area contributed by atoms with Gasteiger partial charge in [0, 0.05) is 32.6 Å². The maximum Gasteiger partial charge on any atom is 0.252 e. The standard InChI is InChI=1S/C14H26N4O2S2.HI/c1-5-6-7-10-16-14(15-2)17-11-12-8-9-13(21-12)22(19,20)18(3)4;/h8-9H,5-7,10-11H2,1-4H3,(H2,15,16,17);1H. The molecule has 1 aromatic rings. The van der Waals surface area contributed by atoms with Crippen LogP contribution in [0, 0.1) is 0 Å². The predicted molar refractivity (Wildman–Crippen MR) is 108 cm³/mol. The lowest BCUT2D eigenvalue weighted by atomic mass is 10.2. The van der Waals surface area contributed by atoms with Gasteiger partial charge in [0.25, 0.3) is 10.0 Å². The van der Waals surface area contributed by atoms with Gasteiger partial charge in [-0.15, -0.1) is 35.3 Å². The van der Waals surface area contributed by atoms with Crippen LogP contribution in [0.4, 0.5) is 0 Å². The zero-order valence-electron chi connectivity index (χ0n) is 14.1. The summed E-state index contributed by atoms with van der Waals surface area (Å²) in [6.45, 7) is 3.61. The number of sulfonamides is 1. The third kappa shape index (κ3) is 7.36. The van der Waals surface area contributed by atoms with Crippen LogP contribution in [0.5, 0.6) is 0 Å². The first-order valence-electron chi connectivity index (χ1n) is 7.37. The molecular weight excluding hydrogens is 447 g/mol. The van der Waals surface area contributed by atoms with Gasteiger partial charge in [-0.2, -0.15) is 0 Å². The Morgan fingerprint density at radius 3 is 2.52 bits per heavy atom. The molecule has 0 aliphatic carbocycles. The topological polar surface area (TPSA) is 73.8 Å². The third-order valence-corrected chi connectivity index (χ3v) is 6.47. The van der Waals surface area contributed by atoms with Crippen LogP contribution >= 0.6 is 35.3 Å². The first-order chi connectivity index (χ1) is 10.4. The summed E-state index contributed by atoms with van der Waals surface area (Å²) in [5, 5.41) is 6.44. The highest BCUT2D eigenvalue weighted by Gasteiger charge is 2.19. The van der Waals surface area contributed by atoms with E-state index >= 15 is 0 Å². The summed E-state index contributed by atoms with van der Waals surface area (Å²) in [5.74, 6) is 0.738. The fraction of sp³-hybridized carbons (Fsp3) is 0.643. The van der Waals surface area contributed by atoms with Crippen LogP contribution in [-0.2, 0) is 16.6 Å². The number of halogens is 1. The van der Waals surface area contributed by atoms with Crippen molar-refractivity contribution in [2.75, 3.05) is 27.7 Å². The molecular formula is C14H27IN4O2S2. The van der Waals surface area contributed by atoms with Gasteiger partial charge in [-0.25, -0.2) is 12.7 Å². The van der Waals surface area contributed by atoms with Crippen molar-refractivity contribution in [3.05, 3.63) is 17.0 Å². The Morgan fingerprint density at radius 2 is 1.96 bits per heavy atom. The molecule has 0 aromatic carbocycles. The van der Waals surface area contributed by atoms with Gasteiger partial charge in [0.05, 0.1) is 6.54 Å². The average molecular weight is 474 g/mol. The van der Waals surface area contributed by atoms with E-state index in [4.69, 9.17) is 0 Å². The average Bonchev–Trinajstić information content (AvgIpc) is 2.96. The second-order valence-electron chi connectivity index (χ2n) is 5.07. The summed E-state index contributed by atoms with van der Waals surface area (Å²) < 4.78 is 25.6. The summed E-state index contributed by atoms with van der Waals surface area (Å²) in [6.07, 6.45) is 3.49. The Balaban J connectivity index is 0.00000484. The predicted octanol–water partition coefficient (Wildman–Crippen LogP) is 2.47. The highest BCUT2D eigenvalue weighted by molar-refractivity contribution is 14.0. The largest absolute Gasteiger partial charge is 0.356 e. The molecule has 0 amide bonds. The Bertz CT molecular complexity index is 585. The minimum absolute atomic E-state index is 0. The summed E-state index contributed by atoms with van der Waals surface area (Å²) in [7, 11) is 1.46. The number of hydrogen-bond acceptors (Lipinski definition) is 4. The molecule has 1 aromatic heterocycles. The summed E-state index contributed by atoms with van der Waals surface area (Å²) >= 11 is 1.28. The highest BCUT2D eigenvalue weighted by atomic mass is 127. The Hall–Kier alpha value is -0.390. The van der Waals surface area contributed by atoms with Gasteiger partial charge < -0.3 is 10.6 Å². The molecule has 0 fully saturated rings. The molecule has 2 N–H and O–H groups in total. The first kappa shape index (κ1) is 22.6. The molecule has 6 nitrogen and oxygen atoms in total. The molecule has 134 valence electrons. The van der Waals surface area contributed by atoms with E-state index in [1.807, 2.05) is 6.07 Å². The van der Waals surface area contributed by atoms with Crippen LogP contribution in [0.2, 0.25) is 0 Å². The Kier molecular flexibility index (Phi) is 11.0. The molecule has 0 radical (unpaired) electrons. The van der Waals surface area contributed by atoms with E-state index in [9.17, 15) is 8.42 Å². The van der Waals surface area contributed by atoms with Crippen molar-refractivity contribution in [1.82, 2.24) is 14.9 Å². The summed E-state index contributed by atoms with van der Waals surface area (Å²) in [6, 6.07) is 3.48. The Morgan fingerprint density at radius 1 is 1.26 bits per heavy atom. The SMILES string of the molecule is CCCCCNC(=NC)NCc1ccc(S(=O)(=O)N(C)C)s1.I. The van der Waals surface area contributed by atoms with Gasteiger partial charge in [-0.3, -0.25) is 4.99 Å². The second-order valence-corrected chi connectivity index (χ2v) is 8.61. The molecule has 0 spiro atoms. The number of unbranched alkanes of at least 4 members (excludes halogenated alkanes) is 2. The van der Waals surface area contributed by atoms with Crippen LogP contribution in [0.25, 0.3) is 0 Å². The number of thiophene rings is 1. The van der Waals surface area contributed by atoms with Gasteiger partial charge in [0.1, 0.15) is 4.21 Å². The number of nitrogens with zero attached hydrogens (tertiary/aromatic N) is 2. The lowest BCUT2D eigenvalue weighted by Crippen LogP contribution is -2.37.